The van der Waals surface area contributed by atoms with Gasteiger partial charge in [0.25, 0.3) is 0 Å². The van der Waals surface area contributed by atoms with Crippen molar-refractivity contribution >= 4 is 5.97 Å². The summed E-state index contributed by atoms with van der Waals surface area (Å²) in [5.41, 5.74) is 0.711. The van der Waals surface area contributed by atoms with Gasteiger partial charge in [-0.05, 0) is 30.7 Å². The second-order valence-corrected chi connectivity index (χ2v) is 4.31. The summed E-state index contributed by atoms with van der Waals surface area (Å²) in [4.78, 5) is 13.3. The van der Waals surface area contributed by atoms with Crippen molar-refractivity contribution in [2.45, 2.75) is 19.9 Å². The lowest BCUT2D eigenvalue weighted by molar-refractivity contribution is 0.0595. The van der Waals surface area contributed by atoms with E-state index in [1.807, 2.05) is 11.8 Å². The van der Waals surface area contributed by atoms with E-state index in [1.165, 1.54) is 19.2 Å². The normalized spacial score (nSPS) is 10.8. The van der Waals surface area contributed by atoms with E-state index in [-0.39, 0.29) is 12.2 Å². The molecule has 0 atom stereocenters. The third-order valence-electron chi connectivity index (χ3n) is 2.80. The molecule has 0 aromatic heterocycles. The molecule has 106 valence electrons. The quantitative estimate of drug-likeness (QED) is 0.767. The fraction of sp³-hybridized carbons (Fsp3) is 0.500. The van der Waals surface area contributed by atoms with Crippen molar-refractivity contribution in [1.82, 2.24) is 4.90 Å². The Hall–Kier alpha value is -1.46. The van der Waals surface area contributed by atoms with Crippen LogP contribution in [0.2, 0.25) is 0 Å². The molecule has 0 saturated carbocycles. The molecule has 5 heteroatoms. The molecule has 0 radical (unpaired) electrons. The average molecular weight is 269 g/mol. The van der Waals surface area contributed by atoms with E-state index < -0.39 is 11.8 Å². The van der Waals surface area contributed by atoms with Gasteiger partial charge in [0.1, 0.15) is 5.82 Å². The Bertz CT molecular complexity index is 417. The average Bonchev–Trinajstić information content (AvgIpc) is 2.38. The number of hydrogen-bond donors (Lipinski definition) is 1. The number of benzene rings is 1. The molecule has 0 saturated heterocycles. The van der Waals surface area contributed by atoms with Gasteiger partial charge in [0.15, 0.2) is 0 Å². The molecule has 0 bridgehead atoms. The topological polar surface area (TPSA) is 49.8 Å². The zero-order valence-corrected chi connectivity index (χ0v) is 11.4. The molecule has 0 aliphatic heterocycles. The summed E-state index contributed by atoms with van der Waals surface area (Å²) in [6.45, 7) is 4.05. The molecular weight excluding hydrogens is 249 g/mol. The fourth-order valence-corrected chi connectivity index (χ4v) is 1.92. The van der Waals surface area contributed by atoms with Crippen LogP contribution in [-0.4, -0.2) is 42.8 Å². The summed E-state index contributed by atoms with van der Waals surface area (Å²) in [5.74, 6) is -1.25. The fourth-order valence-electron chi connectivity index (χ4n) is 1.92. The number of aliphatic hydroxyl groups is 1. The van der Waals surface area contributed by atoms with Gasteiger partial charge in [0.05, 0.1) is 19.3 Å². The second kappa shape index (κ2) is 7.86. The third-order valence-corrected chi connectivity index (χ3v) is 2.80. The van der Waals surface area contributed by atoms with E-state index in [0.717, 1.165) is 18.5 Å². The molecule has 1 aromatic carbocycles. The first-order valence-electron chi connectivity index (χ1n) is 6.32. The lowest BCUT2D eigenvalue weighted by Crippen LogP contribution is -2.27. The van der Waals surface area contributed by atoms with Gasteiger partial charge in [0.2, 0.25) is 0 Å². The van der Waals surface area contributed by atoms with Crippen molar-refractivity contribution in [2.75, 3.05) is 26.8 Å². The largest absolute Gasteiger partial charge is 0.465 e. The molecule has 0 aliphatic rings. The number of rotatable bonds is 7. The molecule has 1 N–H and O–H groups in total. The molecule has 4 nitrogen and oxygen atoms in total. The number of esters is 1. The van der Waals surface area contributed by atoms with Crippen LogP contribution in [-0.2, 0) is 11.3 Å². The van der Waals surface area contributed by atoms with E-state index in [9.17, 15) is 9.18 Å². The highest BCUT2D eigenvalue weighted by Gasteiger charge is 2.13. The molecule has 0 unspecified atom stereocenters. The summed E-state index contributed by atoms with van der Waals surface area (Å²) in [7, 11) is 1.22. The van der Waals surface area contributed by atoms with Crippen LogP contribution in [0, 0.1) is 5.82 Å². The number of halogens is 1. The number of hydrogen-bond acceptors (Lipinski definition) is 4. The first-order valence-corrected chi connectivity index (χ1v) is 6.32. The summed E-state index contributed by atoms with van der Waals surface area (Å²) in [6, 6.07) is 4.47. The standard InChI is InChI=1S/C14H20FNO3/c1-3-6-16(7-8-17)10-11-4-5-12(13(15)9-11)14(18)19-2/h4-5,9,17H,3,6-8,10H2,1-2H3. The second-order valence-electron chi connectivity index (χ2n) is 4.31. The van der Waals surface area contributed by atoms with Crippen LogP contribution in [0.25, 0.3) is 0 Å². The van der Waals surface area contributed by atoms with Gasteiger partial charge >= 0.3 is 5.97 Å². The summed E-state index contributed by atoms with van der Waals surface area (Å²) in [6.07, 6.45) is 0.961. The SMILES string of the molecule is CCCN(CCO)Cc1ccc(C(=O)OC)c(F)c1. The monoisotopic (exact) mass is 269 g/mol. The molecule has 0 amide bonds. The Morgan fingerprint density at radius 1 is 1.42 bits per heavy atom. The van der Waals surface area contributed by atoms with Gasteiger partial charge in [-0.15, -0.1) is 0 Å². The molecule has 0 heterocycles. The minimum absolute atomic E-state index is 0.0598. The van der Waals surface area contributed by atoms with Crippen LogP contribution in [0.1, 0.15) is 29.3 Å². The molecule has 19 heavy (non-hydrogen) atoms. The zero-order chi connectivity index (χ0) is 14.3. The van der Waals surface area contributed by atoms with Crippen molar-refractivity contribution in [3.05, 3.63) is 35.1 Å². The number of carbonyl (C=O) groups excluding carboxylic acids is 1. The maximum atomic E-state index is 13.7. The van der Waals surface area contributed by atoms with Crippen molar-refractivity contribution < 1.29 is 19.0 Å². The first-order chi connectivity index (χ1) is 9.12. The lowest BCUT2D eigenvalue weighted by atomic mass is 10.1. The van der Waals surface area contributed by atoms with Crippen LogP contribution in [0.5, 0.6) is 0 Å². The van der Waals surface area contributed by atoms with Gasteiger partial charge in [-0.1, -0.05) is 13.0 Å². The summed E-state index contributed by atoms with van der Waals surface area (Å²) < 4.78 is 18.2. The van der Waals surface area contributed by atoms with E-state index in [4.69, 9.17) is 5.11 Å². The highest BCUT2D eigenvalue weighted by molar-refractivity contribution is 5.89. The Morgan fingerprint density at radius 2 is 2.16 bits per heavy atom. The molecule has 0 spiro atoms. The minimum atomic E-state index is -0.676. The number of methoxy groups -OCH3 is 1. The number of aliphatic hydroxyl groups excluding tert-OH is 1. The predicted molar refractivity (Wildman–Crippen MR) is 70.4 cm³/mol. The first kappa shape index (κ1) is 15.6. The van der Waals surface area contributed by atoms with E-state index in [0.29, 0.717) is 13.1 Å². The van der Waals surface area contributed by atoms with Crippen molar-refractivity contribution in [2.24, 2.45) is 0 Å². The highest BCUT2D eigenvalue weighted by atomic mass is 19.1. The summed E-state index contributed by atoms with van der Waals surface area (Å²) in [5, 5.41) is 8.97. The maximum Gasteiger partial charge on any atom is 0.340 e. The van der Waals surface area contributed by atoms with Crippen LogP contribution < -0.4 is 0 Å². The smallest absolute Gasteiger partial charge is 0.340 e. The van der Waals surface area contributed by atoms with E-state index in [1.54, 1.807) is 6.07 Å². The lowest BCUT2D eigenvalue weighted by Gasteiger charge is -2.20. The van der Waals surface area contributed by atoms with Gasteiger partial charge < -0.3 is 9.84 Å². The molecule has 1 aromatic rings. The van der Waals surface area contributed by atoms with Gasteiger partial charge in [0, 0.05) is 13.1 Å². The number of ether oxygens (including phenoxy) is 1. The van der Waals surface area contributed by atoms with Gasteiger partial charge in [-0.2, -0.15) is 0 Å². The molecule has 1 rings (SSSR count). The van der Waals surface area contributed by atoms with Gasteiger partial charge in [-0.25, -0.2) is 9.18 Å². The van der Waals surface area contributed by atoms with Crippen molar-refractivity contribution in [3.8, 4) is 0 Å². The summed E-state index contributed by atoms with van der Waals surface area (Å²) >= 11 is 0. The van der Waals surface area contributed by atoms with Crippen molar-refractivity contribution in [1.29, 1.82) is 0 Å². The Labute approximate surface area is 112 Å². The third kappa shape index (κ3) is 4.61. The molecule has 0 aliphatic carbocycles. The molecule has 0 fully saturated rings. The Kier molecular flexibility index (Phi) is 6.45. The Balaban J connectivity index is 2.79. The maximum absolute atomic E-state index is 13.7. The van der Waals surface area contributed by atoms with Gasteiger partial charge in [-0.3, -0.25) is 4.90 Å². The minimum Gasteiger partial charge on any atom is -0.465 e. The van der Waals surface area contributed by atoms with E-state index in [2.05, 4.69) is 4.74 Å². The predicted octanol–water partition coefficient (Wildman–Crippen LogP) is 1.82. The Morgan fingerprint density at radius 3 is 2.68 bits per heavy atom. The number of nitrogens with zero attached hydrogens (tertiary/aromatic N) is 1. The number of carbonyl (C=O) groups is 1. The zero-order valence-electron chi connectivity index (χ0n) is 11.4. The van der Waals surface area contributed by atoms with Crippen LogP contribution in [0.4, 0.5) is 4.39 Å². The van der Waals surface area contributed by atoms with Crippen LogP contribution in [0.15, 0.2) is 18.2 Å². The highest BCUT2D eigenvalue weighted by Crippen LogP contribution is 2.13. The van der Waals surface area contributed by atoms with Crippen LogP contribution in [0.3, 0.4) is 0 Å². The van der Waals surface area contributed by atoms with Crippen molar-refractivity contribution in [3.63, 3.8) is 0 Å². The molecular formula is C14H20FNO3. The van der Waals surface area contributed by atoms with E-state index >= 15 is 0 Å². The van der Waals surface area contributed by atoms with Crippen LogP contribution >= 0.6 is 0 Å².